The molecular weight excluding hydrogens is 354 g/mol. The van der Waals surface area contributed by atoms with Crippen LogP contribution in [0.5, 0.6) is 23.0 Å². The van der Waals surface area contributed by atoms with Gasteiger partial charge in [0.2, 0.25) is 0 Å². The summed E-state index contributed by atoms with van der Waals surface area (Å²) in [5.74, 6) is -0.693. The Kier molecular flexibility index (Phi) is 6.48. The van der Waals surface area contributed by atoms with Crippen LogP contribution in [0.3, 0.4) is 0 Å². The Morgan fingerprint density at radius 3 is 2.30 bits per heavy atom. The molecule has 144 valence electrons. The van der Waals surface area contributed by atoms with Crippen LogP contribution >= 0.6 is 0 Å². The molecule has 2 aromatic carbocycles. The number of phenolic OH excluding ortho intramolecular Hbond substituents is 1. The van der Waals surface area contributed by atoms with Crippen molar-refractivity contribution in [3.8, 4) is 23.0 Å². The molecule has 0 saturated heterocycles. The van der Waals surface area contributed by atoms with Crippen molar-refractivity contribution >= 4 is 11.9 Å². The highest BCUT2D eigenvalue weighted by molar-refractivity contribution is 5.97. The van der Waals surface area contributed by atoms with Gasteiger partial charge < -0.3 is 29.7 Å². The standard InChI is InChI=1S/C19H21NO7/c1-25-12-5-6-15(21)13(9-12)19(24)20-14(10-18(22)23)11-4-7-16(26-2)17(8-11)27-3/h4-9,14,21H,10H2,1-3H3,(H,20,24)(H,22,23). The number of hydrogen-bond donors (Lipinski definition) is 3. The molecular formula is C19H21NO7. The lowest BCUT2D eigenvalue weighted by Crippen LogP contribution is -2.30. The van der Waals surface area contributed by atoms with Crippen LogP contribution in [0.25, 0.3) is 0 Å². The maximum atomic E-state index is 12.6. The lowest BCUT2D eigenvalue weighted by Gasteiger charge is -2.19. The number of hydrogen-bond acceptors (Lipinski definition) is 6. The molecule has 0 fully saturated rings. The summed E-state index contributed by atoms with van der Waals surface area (Å²) in [7, 11) is 4.38. The van der Waals surface area contributed by atoms with E-state index in [0.717, 1.165) is 0 Å². The highest BCUT2D eigenvalue weighted by Gasteiger charge is 2.22. The Labute approximate surface area is 156 Å². The number of carbonyl (C=O) groups is 2. The molecule has 8 heteroatoms. The molecule has 0 saturated carbocycles. The topological polar surface area (TPSA) is 114 Å². The van der Waals surface area contributed by atoms with Crippen LogP contribution in [-0.2, 0) is 4.79 Å². The lowest BCUT2D eigenvalue weighted by molar-refractivity contribution is -0.137. The summed E-state index contributed by atoms with van der Waals surface area (Å²) >= 11 is 0. The minimum absolute atomic E-state index is 0.0229. The number of aromatic hydroxyl groups is 1. The molecule has 0 spiro atoms. The predicted molar refractivity (Wildman–Crippen MR) is 96.7 cm³/mol. The summed E-state index contributed by atoms with van der Waals surface area (Å²) in [6, 6.07) is 8.22. The third-order valence-corrected chi connectivity index (χ3v) is 3.94. The fourth-order valence-corrected chi connectivity index (χ4v) is 2.56. The Hall–Kier alpha value is -3.42. The number of carbonyl (C=O) groups excluding carboxylic acids is 1. The van der Waals surface area contributed by atoms with Crippen LogP contribution < -0.4 is 19.5 Å². The van der Waals surface area contributed by atoms with Crippen molar-refractivity contribution in [3.63, 3.8) is 0 Å². The highest BCUT2D eigenvalue weighted by atomic mass is 16.5. The van der Waals surface area contributed by atoms with Gasteiger partial charge in [-0.3, -0.25) is 9.59 Å². The van der Waals surface area contributed by atoms with E-state index in [0.29, 0.717) is 22.8 Å². The maximum absolute atomic E-state index is 12.6. The van der Waals surface area contributed by atoms with E-state index >= 15 is 0 Å². The summed E-state index contributed by atoms with van der Waals surface area (Å²) in [5.41, 5.74) is 0.496. The van der Waals surface area contributed by atoms with Gasteiger partial charge in [-0.25, -0.2) is 0 Å². The molecule has 0 radical (unpaired) electrons. The van der Waals surface area contributed by atoms with Crippen molar-refractivity contribution in [2.75, 3.05) is 21.3 Å². The number of benzene rings is 2. The van der Waals surface area contributed by atoms with Crippen molar-refractivity contribution in [3.05, 3.63) is 47.5 Å². The first-order valence-electron chi connectivity index (χ1n) is 8.01. The molecule has 8 nitrogen and oxygen atoms in total. The summed E-state index contributed by atoms with van der Waals surface area (Å²) < 4.78 is 15.5. The monoisotopic (exact) mass is 375 g/mol. The van der Waals surface area contributed by atoms with E-state index in [9.17, 15) is 19.8 Å². The minimum atomic E-state index is -1.09. The zero-order valence-corrected chi connectivity index (χ0v) is 15.2. The quantitative estimate of drug-likeness (QED) is 0.649. The Morgan fingerprint density at radius 1 is 1.00 bits per heavy atom. The van der Waals surface area contributed by atoms with Crippen molar-refractivity contribution in [2.24, 2.45) is 0 Å². The first kappa shape index (κ1) is 19.9. The number of amides is 1. The molecule has 27 heavy (non-hydrogen) atoms. The summed E-state index contributed by atoms with van der Waals surface area (Å²) in [6.07, 6.45) is -0.355. The van der Waals surface area contributed by atoms with Crippen molar-refractivity contribution in [2.45, 2.75) is 12.5 Å². The second kappa shape index (κ2) is 8.79. The van der Waals surface area contributed by atoms with Gasteiger partial charge in [-0.2, -0.15) is 0 Å². The minimum Gasteiger partial charge on any atom is -0.507 e. The van der Waals surface area contributed by atoms with Crippen LogP contribution in [0.15, 0.2) is 36.4 Å². The summed E-state index contributed by atoms with van der Waals surface area (Å²) in [6.45, 7) is 0. The first-order valence-corrected chi connectivity index (χ1v) is 8.01. The molecule has 2 rings (SSSR count). The Balaban J connectivity index is 2.35. The van der Waals surface area contributed by atoms with Gasteiger partial charge in [0.25, 0.3) is 5.91 Å². The smallest absolute Gasteiger partial charge is 0.305 e. The molecule has 0 aromatic heterocycles. The second-order valence-electron chi connectivity index (χ2n) is 5.62. The molecule has 0 bridgehead atoms. The first-order chi connectivity index (χ1) is 12.9. The van der Waals surface area contributed by atoms with Gasteiger partial charge in [0, 0.05) is 0 Å². The number of ether oxygens (including phenoxy) is 3. The van der Waals surface area contributed by atoms with E-state index < -0.39 is 17.9 Å². The number of carboxylic acids is 1. The molecule has 2 aromatic rings. The van der Waals surface area contributed by atoms with Gasteiger partial charge in [-0.15, -0.1) is 0 Å². The molecule has 1 unspecified atom stereocenters. The van der Waals surface area contributed by atoms with Crippen molar-refractivity contribution < 1.29 is 34.0 Å². The fraction of sp³-hybridized carbons (Fsp3) is 0.263. The van der Waals surface area contributed by atoms with Crippen LogP contribution in [0.2, 0.25) is 0 Å². The molecule has 0 aliphatic rings. The second-order valence-corrected chi connectivity index (χ2v) is 5.62. The van der Waals surface area contributed by atoms with Crippen LogP contribution in [-0.4, -0.2) is 43.4 Å². The molecule has 0 aliphatic heterocycles. The number of carboxylic acid groups (broad SMARTS) is 1. The predicted octanol–water partition coefficient (Wildman–Crippen LogP) is 2.36. The number of rotatable bonds is 8. The van der Waals surface area contributed by atoms with Crippen LogP contribution in [0, 0.1) is 0 Å². The third-order valence-electron chi connectivity index (χ3n) is 3.94. The van der Waals surface area contributed by atoms with Gasteiger partial charge >= 0.3 is 5.97 Å². The zero-order valence-electron chi connectivity index (χ0n) is 15.2. The van der Waals surface area contributed by atoms with E-state index in [2.05, 4.69) is 5.32 Å². The van der Waals surface area contributed by atoms with Gasteiger partial charge in [0.05, 0.1) is 39.4 Å². The Morgan fingerprint density at radius 2 is 1.70 bits per heavy atom. The average molecular weight is 375 g/mol. The van der Waals surface area contributed by atoms with Crippen LogP contribution in [0.4, 0.5) is 0 Å². The van der Waals surface area contributed by atoms with Gasteiger partial charge in [0.15, 0.2) is 11.5 Å². The van der Waals surface area contributed by atoms with Crippen LogP contribution in [0.1, 0.15) is 28.4 Å². The summed E-state index contributed by atoms with van der Waals surface area (Å²) in [5, 5.41) is 21.8. The average Bonchev–Trinajstić information content (AvgIpc) is 2.66. The molecule has 0 heterocycles. The highest BCUT2D eigenvalue weighted by Crippen LogP contribution is 2.31. The number of aliphatic carboxylic acids is 1. The maximum Gasteiger partial charge on any atom is 0.305 e. The lowest BCUT2D eigenvalue weighted by atomic mass is 10.0. The SMILES string of the molecule is COc1ccc(O)c(C(=O)NC(CC(=O)O)c2ccc(OC)c(OC)c2)c1. The fourth-order valence-electron chi connectivity index (χ4n) is 2.56. The van der Waals surface area contributed by atoms with Gasteiger partial charge in [-0.1, -0.05) is 6.07 Å². The van der Waals surface area contributed by atoms with Crippen molar-refractivity contribution in [1.82, 2.24) is 5.32 Å². The van der Waals surface area contributed by atoms with Crippen molar-refractivity contribution in [1.29, 1.82) is 0 Å². The van der Waals surface area contributed by atoms with E-state index in [-0.39, 0.29) is 17.7 Å². The largest absolute Gasteiger partial charge is 0.507 e. The molecule has 1 atom stereocenters. The van der Waals surface area contributed by atoms with E-state index in [1.54, 1.807) is 18.2 Å². The molecule has 3 N–H and O–H groups in total. The molecule has 0 aliphatic carbocycles. The number of nitrogens with one attached hydrogen (secondary N) is 1. The molecule has 1 amide bonds. The number of phenols is 1. The third kappa shape index (κ3) is 4.81. The van der Waals surface area contributed by atoms with Gasteiger partial charge in [-0.05, 0) is 35.9 Å². The number of methoxy groups -OCH3 is 3. The summed E-state index contributed by atoms with van der Waals surface area (Å²) in [4.78, 5) is 23.9. The van der Waals surface area contributed by atoms with Gasteiger partial charge in [0.1, 0.15) is 11.5 Å². The normalized spacial score (nSPS) is 11.4. The Bertz CT molecular complexity index is 835. The van der Waals surface area contributed by atoms with E-state index in [4.69, 9.17) is 14.2 Å². The van der Waals surface area contributed by atoms with E-state index in [1.165, 1.54) is 39.5 Å². The zero-order chi connectivity index (χ0) is 20.0. The van der Waals surface area contributed by atoms with E-state index in [1.807, 2.05) is 0 Å².